The molecule has 6 heterocycles. The van der Waals surface area contributed by atoms with E-state index in [2.05, 4.69) is 99.9 Å². The molecular formula is C49H34ClN7O2S. The van der Waals surface area contributed by atoms with Crippen molar-refractivity contribution in [3.8, 4) is 45.0 Å². The first-order valence-corrected chi connectivity index (χ1v) is 20.7. The highest BCUT2D eigenvalue weighted by Gasteiger charge is 2.41. The number of halogens is 1. The molecule has 2 aliphatic heterocycles. The molecule has 9 aromatic rings. The third kappa shape index (κ3) is 5.94. The molecule has 60 heavy (non-hydrogen) atoms. The third-order valence-corrected chi connectivity index (χ3v) is 12.4. The van der Waals surface area contributed by atoms with Crippen LogP contribution in [-0.2, 0) is 0 Å². The molecule has 0 aliphatic carbocycles. The van der Waals surface area contributed by atoms with Crippen molar-refractivity contribution in [2.75, 3.05) is 14.2 Å². The Balaban J connectivity index is 1.20. The molecule has 2 aliphatic rings. The van der Waals surface area contributed by atoms with Gasteiger partial charge in [-0.05, 0) is 106 Å². The molecule has 11 heteroatoms. The summed E-state index contributed by atoms with van der Waals surface area (Å²) in [5.41, 5.74) is 13.0. The summed E-state index contributed by atoms with van der Waals surface area (Å²) in [6.45, 7) is 0. The standard InChI is InChI=1S/C49H34ClN7O2S/c1-58-37-21-15-32(16-22-37)40-26-39(31-13-19-36(50)20-14-31)43-46(52-40)51-29-56-47(43)53-54-48(56)44-41-25-35(30-9-5-3-6-10-30)27-55(41)49-57(42(28-60-49)33-11-7-4-8-12-33)45(44)34-17-23-38(59-2)24-18-34/h3-29,49H,1-2H3. The van der Waals surface area contributed by atoms with Crippen LogP contribution in [0.5, 0.6) is 11.5 Å². The van der Waals surface area contributed by atoms with Gasteiger partial charge in [-0.15, -0.1) is 10.2 Å². The predicted molar refractivity (Wildman–Crippen MR) is 240 cm³/mol. The average Bonchev–Trinajstić information content (AvgIpc) is 4.07. The van der Waals surface area contributed by atoms with Gasteiger partial charge < -0.3 is 18.9 Å². The number of hydrogen-bond acceptors (Lipinski definition) is 8. The van der Waals surface area contributed by atoms with Crippen LogP contribution in [0.25, 0.3) is 67.2 Å². The molecule has 0 radical (unpaired) electrons. The maximum absolute atomic E-state index is 6.42. The normalized spacial score (nSPS) is 14.7. The summed E-state index contributed by atoms with van der Waals surface area (Å²) in [5, 5.41) is 13.8. The number of aromatic nitrogens is 6. The Morgan fingerprint density at radius 2 is 1.30 bits per heavy atom. The summed E-state index contributed by atoms with van der Waals surface area (Å²) in [7, 11) is 3.35. The van der Waals surface area contributed by atoms with Crippen molar-refractivity contribution >= 4 is 57.0 Å². The Morgan fingerprint density at radius 3 is 1.98 bits per heavy atom. The van der Waals surface area contributed by atoms with Crippen LogP contribution in [0.15, 0.2) is 164 Å². The van der Waals surface area contributed by atoms with E-state index in [1.807, 2.05) is 71.1 Å². The number of methoxy groups -OCH3 is 2. The highest BCUT2D eigenvalue weighted by molar-refractivity contribution is 8.02. The van der Waals surface area contributed by atoms with E-state index in [4.69, 9.17) is 41.2 Å². The second kappa shape index (κ2) is 14.6. The fraction of sp³-hybridized carbons (Fsp3) is 0.0612. The summed E-state index contributed by atoms with van der Waals surface area (Å²) in [6.07, 6.45) is 4.05. The largest absolute Gasteiger partial charge is 0.497 e. The number of benzene rings is 5. The van der Waals surface area contributed by atoms with Crippen LogP contribution < -0.4 is 9.47 Å². The molecule has 0 N–H and O–H groups in total. The maximum Gasteiger partial charge on any atom is 0.174 e. The van der Waals surface area contributed by atoms with E-state index in [1.165, 1.54) is 0 Å². The zero-order valence-corrected chi connectivity index (χ0v) is 34.0. The van der Waals surface area contributed by atoms with E-state index in [-0.39, 0.29) is 5.50 Å². The van der Waals surface area contributed by atoms with Gasteiger partial charge in [0, 0.05) is 22.3 Å². The van der Waals surface area contributed by atoms with Crippen LogP contribution in [-0.4, -0.2) is 48.3 Å². The number of rotatable bonds is 8. The summed E-state index contributed by atoms with van der Waals surface area (Å²) in [5.74, 6) is 2.19. The molecule has 1 atom stereocenters. The van der Waals surface area contributed by atoms with Gasteiger partial charge in [0.25, 0.3) is 0 Å². The Morgan fingerprint density at radius 1 is 0.650 bits per heavy atom. The van der Waals surface area contributed by atoms with Crippen molar-refractivity contribution in [2.45, 2.75) is 5.50 Å². The molecule has 1 unspecified atom stereocenters. The van der Waals surface area contributed by atoms with E-state index in [0.717, 1.165) is 84.2 Å². The minimum absolute atomic E-state index is 0.108. The van der Waals surface area contributed by atoms with Crippen molar-refractivity contribution in [1.29, 1.82) is 0 Å². The molecule has 4 aromatic heterocycles. The third-order valence-electron chi connectivity index (χ3n) is 11.1. The first-order valence-electron chi connectivity index (χ1n) is 19.4. The Bertz CT molecular complexity index is 3150. The van der Waals surface area contributed by atoms with E-state index >= 15 is 0 Å². The molecule has 0 bridgehead atoms. The number of thioether (sulfide) groups is 1. The van der Waals surface area contributed by atoms with Crippen LogP contribution >= 0.6 is 23.4 Å². The number of hydrogen-bond donors (Lipinski definition) is 0. The molecule has 290 valence electrons. The van der Waals surface area contributed by atoms with Crippen molar-refractivity contribution in [3.63, 3.8) is 0 Å². The molecular weight excluding hydrogens is 786 g/mol. The Hall–Kier alpha value is -7.14. The van der Waals surface area contributed by atoms with Crippen molar-refractivity contribution in [3.05, 3.63) is 191 Å². The number of fused-ring (bicyclic) bond motifs is 6. The molecule has 0 amide bonds. The SMILES string of the molecule is COc1ccc(C2=C(c3nnc4c5c(-c6ccc(Cl)cc6)cc(-c6ccc(OC)cc6)nc5ncn34)c3cc(-c4ccccc4)cn3C3SC=C(c4ccccc4)N23)cc1. The minimum atomic E-state index is -0.108. The highest BCUT2D eigenvalue weighted by atomic mass is 35.5. The predicted octanol–water partition coefficient (Wildman–Crippen LogP) is 11.6. The van der Waals surface area contributed by atoms with Gasteiger partial charge in [-0.1, -0.05) is 96.2 Å². The van der Waals surface area contributed by atoms with Gasteiger partial charge in [0.05, 0.1) is 48.0 Å². The lowest BCUT2D eigenvalue weighted by Crippen LogP contribution is -2.31. The molecule has 0 fully saturated rings. The van der Waals surface area contributed by atoms with Crippen LogP contribution in [0.1, 0.15) is 28.1 Å². The zero-order valence-electron chi connectivity index (χ0n) is 32.4. The van der Waals surface area contributed by atoms with Crippen LogP contribution in [0.4, 0.5) is 0 Å². The molecule has 9 nitrogen and oxygen atoms in total. The fourth-order valence-electron chi connectivity index (χ4n) is 8.21. The van der Waals surface area contributed by atoms with E-state index in [1.54, 1.807) is 32.3 Å². The van der Waals surface area contributed by atoms with Gasteiger partial charge >= 0.3 is 0 Å². The average molecular weight is 820 g/mol. The van der Waals surface area contributed by atoms with Crippen LogP contribution in [0.2, 0.25) is 5.02 Å². The number of ether oxygens (including phenoxy) is 2. The van der Waals surface area contributed by atoms with Gasteiger partial charge in [0.15, 0.2) is 22.6 Å². The maximum atomic E-state index is 6.42. The first-order chi connectivity index (χ1) is 29.6. The monoisotopic (exact) mass is 819 g/mol. The first kappa shape index (κ1) is 36.0. The van der Waals surface area contributed by atoms with E-state index in [0.29, 0.717) is 22.1 Å². The zero-order chi connectivity index (χ0) is 40.3. The Kier molecular flexibility index (Phi) is 8.75. The summed E-state index contributed by atoms with van der Waals surface area (Å²) >= 11 is 8.20. The topological polar surface area (TPSA) is 82.6 Å². The number of nitrogens with zero attached hydrogens (tertiary/aromatic N) is 7. The van der Waals surface area contributed by atoms with Gasteiger partial charge in [-0.2, -0.15) is 0 Å². The lowest BCUT2D eigenvalue weighted by atomic mass is 9.97. The smallest absolute Gasteiger partial charge is 0.174 e. The fourth-order valence-corrected chi connectivity index (χ4v) is 9.48. The molecule has 11 rings (SSSR count). The summed E-state index contributed by atoms with van der Waals surface area (Å²) in [4.78, 5) is 12.6. The lowest BCUT2D eigenvalue weighted by Gasteiger charge is -2.38. The molecule has 5 aromatic carbocycles. The van der Waals surface area contributed by atoms with E-state index < -0.39 is 0 Å². The Labute approximate surface area is 354 Å². The quantitative estimate of drug-likeness (QED) is 0.150. The van der Waals surface area contributed by atoms with Gasteiger partial charge in [0.1, 0.15) is 17.8 Å². The van der Waals surface area contributed by atoms with Crippen LogP contribution in [0, 0.1) is 0 Å². The van der Waals surface area contributed by atoms with Gasteiger partial charge in [0.2, 0.25) is 0 Å². The second-order valence-corrected chi connectivity index (χ2v) is 15.9. The van der Waals surface area contributed by atoms with Crippen molar-refractivity contribution in [1.82, 2.24) is 34.0 Å². The molecule has 0 saturated heterocycles. The van der Waals surface area contributed by atoms with Gasteiger partial charge in [-0.25, -0.2) is 9.97 Å². The van der Waals surface area contributed by atoms with Crippen molar-refractivity contribution < 1.29 is 9.47 Å². The minimum Gasteiger partial charge on any atom is -0.497 e. The second-order valence-electron chi connectivity index (χ2n) is 14.5. The molecule has 0 spiro atoms. The summed E-state index contributed by atoms with van der Waals surface area (Å²) in [6, 6.07) is 49.3. The van der Waals surface area contributed by atoms with E-state index in [9.17, 15) is 0 Å². The number of pyridine rings is 1. The van der Waals surface area contributed by atoms with Gasteiger partial charge in [-0.3, -0.25) is 4.40 Å². The van der Waals surface area contributed by atoms with Crippen LogP contribution in [0.3, 0.4) is 0 Å². The lowest BCUT2D eigenvalue weighted by molar-refractivity contribution is 0.413. The highest BCUT2D eigenvalue weighted by Crippen LogP contribution is 2.55. The molecule has 0 saturated carbocycles. The van der Waals surface area contributed by atoms with Crippen molar-refractivity contribution in [2.24, 2.45) is 0 Å². The summed E-state index contributed by atoms with van der Waals surface area (Å²) < 4.78 is 15.4.